The average Bonchev–Trinajstić information content (AvgIpc) is 2.61. The number of nitrogens with zero attached hydrogens (tertiary/aromatic N) is 1. The van der Waals surface area contributed by atoms with Crippen molar-refractivity contribution in [3.05, 3.63) is 65.7 Å². The molecule has 0 heterocycles. The second-order valence-electron chi connectivity index (χ2n) is 5.28. The molecule has 2 aromatic carbocycles. The molecule has 2 amide bonds. The molecule has 0 fully saturated rings. The standard InChI is InChI=1S/C18H20N2O3/c1-20(16-12-10-15(11-13-16)18(22)19-23)17(21)9-5-8-14-6-3-2-4-7-14/h2-4,6-7,10-13,23H,5,8-9H2,1H3,(H,19,22). The van der Waals surface area contributed by atoms with Crippen LogP contribution in [0.5, 0.6) is 0 Å². The highest BCUT2D eigenvalue weighted by Gasteiger charge is 2.11. The van der Waals surface area contributed by atoms with Gasteiger partial charge in [0.05, 0.1) is 0 Å². The van der Waals surface area contributed by atoms with Gasteiger partial charge in [-0.25, -0.2) is 5.48 Å². The van der Waals surface area contributed by atoms with E-state index in [0.29, 0.717) is 17.7 Å². The Balaban J connectivity index is 1.88. The smallest absolute Gasteiger partial charge is 0.274 e. The van der Waals surface area contributed by atoms with Gasteiger partial charge in [0.2, 0.25) is 5.91 Å². The van der Waals surface area contributed by atoms with Gasteiger partial charge in [-0.2, -0.15) is 0 Å². The van der Waals surface area contributed by atoms with Gasteiger partial charge in [-0.05, 0) is 42.7 Å². The van der Waals surface area contributed by atoms with E-state index < -0.39 is 5.91 Å². The van der Waals surface area contributed by atoms with Gasteiger partial charge in [0.15, 0.2) is 0 Å². The highest BCUT2D eigenvalue weighted by molar-refractivity contribution is 5.95. The number of anilines is 1. The van der Waals surface area contributed by atoms with Crippen LogP contribution in [-0.2, 0) is 11.2 Å². The number of benzene rings is 2. The van der Waals surface area contributed by atoms with Crippen LogP contribution in [0.15, 0.2) is 54.6 Å². The van der Waals surface area contributed by atoms with E-state index in [1.54, 1.807) is 41.7 Å². The summed E-state index contributed by atoms with van der Waals surface area (Å²) in [4.78, 5) is 25.1. The molecule has 0 aliphatic heterocycles. The van der Waals surface area contributed by atoms with E-state index in [0.717, 1.165) is 12.8 Å². The zero-order valence-corrected chi connectivity index (χ0v) is 13.0. The van der Waals surface area contributed by atoms with Crippen molar-refractivity contribution in [2.75, 3.05) is 11.9 Å². The number of rotatable bonds is 6. The van der Waals surface area contributed by atoms with Crippen molar-refractivity contribution in [3.63, 3.8) is 0 Å². The van der Waals surface area contributed by atoms with Crippen molar-refractivity contribution in [3.8, 4) is 0 Å². The first-order chi connectivity index (χ1) is 11.1. The van der Waals surface area contributed by atoms with Crippen LogP contribution in [0.25, 0.3) is 0 Å². The number of carbonyl (C=O) groups excluding carboxylic acids is 2. The molecule has 0 radical (unpaired) electrons. The monoisotopic (exact) mass is 312 g/mol. The molecule has 0 saturated heterocycles. The summed E-state index contributed by atoms with van der Waals surface area (Å²) in [6, 6.07) is 16.6. The quantitative estimate of drug-likeness (QED) is 0.636. The number of amides is 2. The van der Waals surface area contributed by atoms with E-state index in [9.17, 15) is 9.59 Å². The third-order valence-corrected chi connectivity index (χ3v) is 3.69. The third kappa shape index (κ3) is 4.66. The summed E-state index contributed by atoms with van der Waals surface area (Å²) in [7, 11) is 1.71. The molecular weight excluding hydrogens is 292 g/mol. The molecule has 5 heteroatoms. The number of nitrogens with one attached hydrogen (secondary N) is 1. The van der Waals surface area contributed by atoms with Crippen LogP contribution in [-0.4, -0.2) is 24.1 Å². The normalized spacial score (nSPS) is 10.2. The summed E-state index contributed by atoms with van der Waals surface area (Å²) in [6.45, 7) is 0. The van der Waals surface area contributed by atoms with Crippen molar-refractivity contribution in [2.45, 2.75) is 19.3 Å². The molecule has 120 valence electrons. The van der Waals surface area contributed by atoms with Crippen LogP contribution < -0.4 is 10.4 Å². The maximum atomic E-state index is 12.2. The van der Waals surface area contributed by atoms with E-state index in [1.807, 2.05) is 18.2 Å². The van der Waals surface area contributed by atoms with Crippen LogP contribution >= 0.6 is 0 Å². The van der Waals surface area contributed by atoms with E-state index in [-0.39, 0.29) is 5.91 Å². The Labute approximate surface area is 135 Å². The number of hydrogen-bond acceptors (Lipinski definition) is 3. The summed E-state index contributed by atoms with van der Waals surface area (Å²) in [5.41, 5.74) is 3.85. The lowest BCUT2D eigenvalue weighted by Gasteiger charge is -2.17. The molecule has 2 rings (SSSR count). The maximum absolute atomic E-state index is 12.2. The maximum Gasteiger partial charge on any atom is 0.274 e. The van der Waals surface area contributed by atoms with E-state index >= 15 is 0 Å². The third-order valence-electron chi connectivity index (χ3n) is 3.69. The van der Waals surface area contributed by atoms with Gasteiger partial charge in [0, 0.05) is 24.7 Å². The molecule has 23 heavy (non-hydrogen) atoms. The Kier molecular flexibility index (Phi) is 5.88. The van der Waals surface area contributed by atoms with Crippen LogP contribution in [0, 0.1) is 0 Å². The lowest BCUT2D eigenvalue weighted by molar-refractivity contribution is -0.118. The molecular formula is C18H20N2O3. The van der Waals surface area contributed by atoms with E-state index in [2.05, 4.69) is 12.1 Å². The number of hydrogen-bond donors (Lipinski definition) is 2. The Morgan fingerprint density at radius 2 is 1.70 bits per heavy atom. The highest BCUT2D eigenvalue weighted by atomic mass is 16.5. The fourth-order valence-corrected chi connectivity index (χ4v) is 2.30. The molecule has 5 nitrogen and oxygen atoms in total. The number of hydroxylamine groups is 1. The zero-order chi connectivity index (χ0) is 16.7. The van der Waals surface area contributed by atoms with Gasteiger partial charge >= 0.3 is 0 Å². The Morgan fingerprint density at radius 3 is 2.30 bits per heavy atom. The van der Waals surface area contributed by atoms with Gasteiger partial charge < -0.3 is 4.90 Å². The first-order valence-electron chi connectivity index (χ1n) is 7.47. The van der Waals surface area contributed by atoms with Gasteiger partial charge in [0.1, 0.15) is 0 Å². The number of carbonyl (C=O) groups is 2. The van der Waals surface area contributed by atoms with Crippen molar-refractivity contribution < 1.29 is 14.8 Å². The predicted octanol–water partition coefficient (Wildman–Crippen LogP) is 2.79. The molecule has 2 aromatic rings. The fraction of sp³-hybridized carbons (Fsp3) is 0.222. The molecule has 0 aliphatic carbocycles. The zero-order valence-electron chi connectivity index (χ0n) is 13.0. The van der Waals surface area contributed by atoms with E-state index in [1.165, 1.54) is 5.56 Å². The lowest BCUT2D eigenvalue weighted by atomic mass is 10.1. The molecule has 0 atom stereocenters. The van der Waals surface area contributed by atoms with Gasteiger partial charge in [-0.15, -0.1) is 0 Å². The van der Waals surface area contributed by atoms with Crippen molar-refractivity contribution in [1.29, 1.82) is 0 Å². The van der Waals surface area contributed by atoms with Crippen molar-refractivity contribution >= 4 is 17.5 Å². The molecule has 0 aromatic heterocycles. The second-order valence-corrected chi connectivity index (χ2v) is 5.28. The summed E-state index contributed by atoms with van der Waals surface area (Å²) in [6.07, 6.45) is 2.12. The summed E-state index contributed by atoms with van der Waals surface area (Å²) in [5.74, 6) is -0.548. The Bertz CT molecular complexity index is 654. The van der Waals surface area contributed by atoms with Crippen LogP contribution in [0.2, 0.25) is 0 Å². The van der Waals surface area contributed by atoms with Gasteiger partial charge in [-0.1, -0.05) is 30.3 Å². The predicted molar refractivity (Wildman–Crippen MR) is 88.5 cm³/mol. The summed E-state index contributed by atoms with van der Waals surface area (Å²) in [5, 5.41) is 8.58. The molecule has 0 aliphatic rings. The van der Waals surface area contributed by atoms with E-state index in [4.69, 9.17) is 5.21 Å². The summed E-state index contributed by atoms with van der Waals surface area (Å²) >= 11 is 0. The molecule has 0 spiro atoms. The lowest BCUT2D eigenvalue weighted by Crippen LogP contribution is -2.26. The average molecular weight is 312 g/mol. The number of aryl methyl sites for hydroxylation is 1. The Hall–Kier alpha value is -2.66. The summed E-state index contributed by atoms with van der Waals surface area (Å²) < 4.78 is 0. The van der Waals surface area contributed by atoms with Crippen molar-refractivity contribution in [1.82, 2.24) is 5.48 Å². The minimum Gasteiger partial charge on any atom is -0.316 e. The van der Waals surface area contributed by atoms with Gasteiger partial charge in [-0.3, -0.25) is 14.8 Å². The van der Waals surface area contributed by atoms with Crippen LogP contribution in [0.3, 0.4) is 0 Å². The molecule has 0 unspecified atom stereocenters. The highest BCUT2D eigenvalue weighted by Crippen LogP contribution is 2.16. The molecule has 2 N–H and O–H groups in total. The van der Waals surface area contributed by atoms with Crippen LogP contribution in [0.1, 0.15) is 28.8 Å². The fourth-order valence-electron chi connectivity index (χ4n) is 2.30. The first-order valence-corrected chi connectivity index (χ1v) is 7.47. The minimum atomic E-state index is -0.576. The SMILES string of the molecule is CN(C(=O)CCCc1ccccc1)c1ccc(C(=O)NO)cc1. The molecule has 0 saturated carbocycles. The topological polar surface area (TPSA) is 69.6 Å². The minimum absolute atomic E-state index is 0.0280. The largest absolute Gasteiger partial charge is 0.316 e. The first kappa shape index (κ1) is 16.7. The van der Waals surface area contributed by atoms with Gasteiger partial charge in [0.25, 0.3) is 5.91 Å². The molecule has 0 bridgehead atoms. The van der Waals surface area contributed by atoms with Crippen molar-refractivity contribution in [2.24, 2.45) is 0 Å². The van der Waals surface area contributed by atoms with Crippen LogP contribution in [0.4, 0.5) is 5.69 Å². The second kappa shape index (κ2) is 8.10. The Morgan fingerprint density at radius 1 is 1.04 bits per heavy atom.